The number of ketones is 2. The van der Waals surface area contributed by atoms with E-state index in [-0.39, 0.29) is 23.9 Å². The highest BCUT2D eigenvalue weighted by Gasteiger charge is 2.20. The van der Waals surface area contributed by atoms with Crippen molar-refractivity contribution in [1.29, 1.82) is 0 Å². The Bertz CT molecular complexity index is 765. The molecule has 0 amide bonds. The Balaban J connectivity index is 1.90. The number of H-pyrrole nitrogens is 1. The molecule has 2 aromatic rings. The van der Waals surface area contributed by atoms with Gasteiger partial charge in [-0.2, -0.15) is 0 Å². The van der Waals surface area contributed by atoms with Crippen LogP contribution < -0.4 is 0 Å². The van der Waals surface area contributed by atoms with Crippen LogP contribution in [0.3, 0.4) is 0 Å². The number of thioether (sulfide) groups is 1. The number of hydrogen-bond donors (Lipinski definition) is 1. The van der Waals surface area contributed by atoms with E-state index in [2.05, 4.69) is 4.98 Å². The minimum Gasteiger partial charge on any atom is -0.457 e. The second kappa shape index (κ2) is 7.97. The normalized spacial score (nSPS) is 10.5. The molecule has 1 heterocycles. The third kappa shape index (κ3) is 4.35. The number of ether oxygens (including phenoxy) is 1. The van der Waals surface area contributed by atoms with E-state index in [9.17, 15) is 14.4 Å². The topological polar surface area (TPSA) is 76.2 Å². The lowest BCUT2D eigenvalue weighted by atomic mass is 10.1. The molecule has 6 heteroatoms. The van der Waals surface area contributed by atoms with E-state index in [4.69, 9.17) is 4.74 Å². The molecule has 2 rings (SSSR count). The third-order valence-corrected chi connectivity index (χ3v) is 4.52. The van der Waals surface area contributed by atoms with Crippen molar-refractivity contribution in [2.24, 2.45) is 0 Å². The van der Waals surface area contributed by atoms with Gasteiger partial charge in [0.1, 0.15) is 0 Å². The molecule has 1 aromatic carbocycles. The number of aromatic amines is 1. The summed E-state index contributed by atoms with van der Waals surface area (Å²) in [6.07, 6.45) is 0. The van der Waals surface area contributed by atoms with Crippen LogP contribution in [0.4, 0.5) is 0 Å². The number of rotatable bonds is 7. The van der Waals surface area contributed by atoms with Gasteiger partial charge >= 0.3 is 5.97 Å². The van der Waals surface area contributed by atoms with Gasteiger partial charge in [-0.05, 0) is 38.5 Å². The maximum absolute atomic E-state index is 12.2. The van der Waals surface area contributed by atoms with Crippen LogP contribution in [0.2, 0.25) is 0 Å². The van der Waals surface area contributed by atoms with E-state index in [0.29, 0.717) is 22.5 Å². The van der Waals surface area contributed by atoms with Gasteiger partial charge in [0.25, 0.3) is 0 Å². The zero-order valence-electron chi connectivity index (χ0n) is 13.8. The summed E-state index contributed by atoms with van der Waals surface area (Å²) in [5.41, 5.74) is 2.08. The first-order valence-electron chi connectivity index (χ1n) is 7.47. The van der Waals surface area contributed by atoms with Crippen LogP contribution >= 0.6 is 11.8 Å². The van der Waals surface area contributed by atoms with Gasteiger partial charge in [0.2, 0.25) is 5.78 Å². The molecular formula is C18H19NO4S. The first-order chi connectivity index (χ1) is 11.4. The lowest BCUT2D eigenvalue weighted by molar-refractivity contribution is -0.139. The van der Waals surface area contributed by atoms with Crippen molar-refractivity contribution in [3.05, 3.63) is 52.8 Å². The molecule has 0 saturated heterocycles. The minimum absolute atomic E-state index is 0.100. The lowest BCUT2D eigenvalue weighted by Gasteiger charge is -2.04. The highest BCUT2D eigenvalue weighted by molar-refractivity contribution is 8.00. The molecule has 0 atom stereocenters. The number of aromatic nitrogens is 1. The largest absolute Gasteiger partial charge is 0.457 e. The monoisotopic (exact) mass is 345 g/mol. The summed E-state index contributed by atoms with van der Waals surface area (Å²) in [6.45, 7) is 4.56. The second-order valence-corrected chi connectivity index (χ2v) is 6.42. The summed E-state index contributed by atoms with van der Waals surface area (Å²) in [5, 5.41) is 0. The molecule has 5 nitrogen and oxygen atoms in total. The average molecular weight is 345 g/mol. The number of benzene rings is 1. The molecule has 1 N–H and O–H groups in total. The van der Waals surface area contributed by atoms with Crippen LogP contribution in [0.1, 0.15) is 39.0 Å². The maximum Gasteiger partial charge on any atom is 0.316 e. The molecule has 1 aromatic heterocycles. The fraction of sp³-hybridized carbons (Fsp3) is 0.278. The fourth-order valence-electron chi connectivity index (χ4n) is 2.48. The Labute approximate surface area is 144 Å². The summed E-state index contributed by atoms with van der Waals surface area (Å²) in [6, 6.07) is 9.48. The Morgan fingerprint density at radius 2 is 1.79 bits per heavy atom. The van der Waals surface area contributed by atoms with Crippen LogP contribution in [0.5, 0.6) is 0 Å². The molecule has 0 aliphatic carbocycles. The SMILES string of the molecule is CC(=O)c1c(C)[nH]c(C(=O)COC(=O)CSc2ccccc2)c1C. The number of nitrogens with one attached hydrogen (secondary N) is 1. The predicted octanol–water partition coefficient (Wildman–Crippen LogP) is 3.35. The quantitative estimate of drug-likeness (QED) is 0.473. The van der Waals surface area contributed by atoms with Gasteiger partial charge in [-0.15, -0.1) is 11.8 Å². The van der Waals surface area contributed by atoms with Gasteiger partial charge in [0.05, 0.1) is 11.4 Å². The highest BCUT2D eigenvalue weighted by atomic mass is 32.2. The Morgan fingerprint density at radius 1 is 1.12 bits per heavy atom. The number of carbonyl (C=O) groups excluding carboxylic acids is 3. The zero-order chi connectivity index (χ0) is 17.7. The molecule has 0 bridgehead atoms. The van der Waals surface area contributed by atoms with Crippen molar-refractivity contribution in [2.45, 2.75) is 25.7 Å². The molecule has 0 saturated carbocycles. The van der Waals surface area contributed by atoms with Crippen molar-refractivity contribution >= 4 is 29.3 Å². The van der Waals surface area contributed by atoms with Crippen molar-refractivity contribution < 1.29 is 19.1 Å². The average Bonchev–Trinajstić information content (AvgIpc) is 2.86. The van der Waals surface area contributed by atoms with Gasteiger partial charge in [-0.25, -0.2) is 0 Å². The van der Waals surface area contributed by atoms with Crippen molar-refractivity contribution in [2.75, 3.05) is 12.4 Å². The number of esters is 1. The van der Waals surface area contributed by atoms with Gasteiger partial charge in [0.15, 0.2) is 12.4 Å². The van der Waals surface area contributed by atoms with Gasteiger partial charge in [-0.1, -0.05) is 18.2 Å². The van der Waals surface area contributed by atoms with E-state index in [1.807, 2.05) is 30.3 Å². The summed E-state index contributed by atoms with van der Waals surface area (Å²) in [7, 11) is 0. The highest BCUT2D eigenvalue weighted by Crippen LogP contribution is 2.19. The van der Waals surface area contributed by atoms with Crippen LogP contribution in [0.25, 0.3) is 0 Å². The summed E-state index contributed by atoms with van der Waals surface area (Å²) >= 11 is 1.35. The summed E-state index contributed by atoms with van der Waals surface area (Å²) in [5.74, 6) is -0.763. The van der Waals surface area contributed by atoms with Crippen LogP contribution in [0, 0.1) is 13.8 Å². The predicted molar refractivity (Wildman–Crippen MR) is 92.7 cm³/mol. The number of hydrogen-bond acceptors (Lipinski definition) is 5. The molecule has 0 spiro atoms. The molecule has 24 heavy (non-hydrogen) atoms. The molecule has 0 aliphatic heterocycles. The van der Waals surface area contributed by atoms with Gasteiger partial charge in [0, 0.05) is 16.2 Å². The Hall–Kier alpha value is -2.34. The number of Topliss-reactive ketones (excluding diaryl/α,β-unsaturated/α-hetero) is 2. The first kappa shape index (κ1) is 18.0. The molecule has 126 valence electrons. The number of carbonyl (C=O) groups is 3. The fourth-order valence-corrected chi connectivity index (χ4v) is 3.19. The number of aryl methyl sites for hydroxylation is 1. The Kier molecular flexibility index (Phi) is 5.98. The minimum atomic E-state index is -0.454. The smallest absolute Gasteiger partial charge is 0.316 e. The van der Waals surface area contributed by atoms with E-state index < -0.39 is 5.97 Å². The lowest BCUT2D eigenvalue weighted by Crippen LogP contribution is -2.16. The van der Waals surface area contributed by atoms with Crippen LogP contribution in [-0.4, -0.2) is 34.9 Å². The third-order valence-electron chi connectivity index (χ3n) is 3.53. The van der Waals surface area contributed by atoms with Crippen molar-refractivity contribution in [1.82, 2.24) is 4.98 Å². The molecular weight excluding hydrogens is 326 g/mol. The molecule has 0 fully saturated rings. The van der Waals surface area contributed by atoms with E-state index >= 15 is 0 Å². The van der Waals surface area contributed by atoms with Crippen LogP contribution in [0.15, 0.2) is 35.2 Å². The van der Waals surface area contributed by atoms with Gasteiger partial charge in [-0.3, -0.25) is 14.4 Å². The summed E-state index contributed by atoms with van der Waals surface area (Å²) in [4.78, 5) is 39.4. The van der Waals surface area contributed by atoms with Gasteiger partial charge < -0.3 is 9.72 Å². The standard InChI is InChI=1S/C18H19NO4S/c1-11-17(13(3)20)12(2)19-18(11)15(21)9-23-16(22)10-24-14-7-5-4-6-8-14/h4-8,19H,9-10H2,1-3H3. The molecule has 0 aliphatic rings. The van der Waals surface area contributed by atoms with E-state index in [1.54, 1.807) is 13.8 Å². The second-order valence-electron chi connectivity index (χ2n) is 5.37. The Morgan fingerprint density at radius 3 is 2.38 bits per heavy atom. The van der Waals surface area contributed by atoms with Crippen molar-refractivity contribution in [3.63, 3.8) is 0 Å². The van der Waals surface area contributed by atoms with E-state index in [1.165, 1.54) is 18.7 Å². The maximum atomic E-state index is 12.2. The molecule has 0 radical (unpaired) electrons. The molecule has 0 unspecified atom stereocenters. The summed E-state index contributed by atoms with van der Waals surface area (Å²) < 4.78 is 5.03. The first-order valence-corrected chi connectivity index (χ1v) is 8.45. The van der Waals surface area contributed by atoms with E-state index in [0.717, 1.165) is 4.90 Å². The van der Waals surface area contributed by atoms with Crippen molar-refractivity contribution in [3.8, 4) is 0 Å². The zero-order valence-corrected chi connectivity index (χ0v) is 14.7. The van der Waals surface area contributed by atoms with Crippen LogP contribution in [-0.2, 0) is 9.53 Å².